The number of benzene rings is 2. The van der Waals surface area contributed by atoms with Crippen LogP contribution in [0.4, 0.5) is 17.1 Å². The summed E-state index contributed by atoms with van der Waals surface area (Å²) in [5.74, 6) is 0.789. The number of anilines is 3. The van der Waals surface area contributed by atoms with Crippen LogP contribution in [0.3, 0.4) is 0 Å². The number of rotatable bonds is 5. The molecule has 0 fully saturated rings. The molecule has 0 heterocycles. The molecule has 0 unspecified atom stereocenters. The fourth-order valence-electron chi connectivity index (χ4n) is 1.91. The summed E-state index contributed by atoms with van der Waals surface area (Å²) in [7, 11) is 0. The van der Waals surface area contributed by atoms with E-state index in [9.17, 15) is 4.79 Å². The van der Waals surface area contributed by atoms with Crippen LogP contribution in [-0.4, -0.2) is 12.4 Å². The zero-order chi connectivity index (χ0) is 14.5. The fraction of sp³-hybridized carbons (Fsp3) is 0.188. The van der Waals surface area contributed by atoms with E-state index in [-0.39, 0.29) is 5.78 Å². The van der Waals surface area contributed by atoms with E-state index in [0.717, 1.165) is 17.1 Å². The molecule has 3 N–H and O–H groups in total. The Morgan fingerprint density at radius 3 is 2.40 bits per heavy atom. The van der Waals surface area contributed by atoms with Gasteiger partial charge in [0.15, 0.2) is 5.78 Å². The van der Waals surface area contributed by atoms with Crippen molar-refractivity contribution in [2.45, 2.75) is 13.8 Å². The van der Waals surface area contributed by atoms with Crippen molar-refractivity contribution >= 4 is 22.8 Å². The third kappa shape index (κ3) is 3.29. The Bertz CT molecular complexity index is 606. The molecule has 0 aromatic heterocycles. The summed E-state index contributed by atoms with van der Waals surface area (Å²) in [6.45, 7) is 4.10. The smallest absolute Gasteiger partial charge is 0.161 e. The minimum Gasteiger partial charge on any atom is -0.494 e. The molecule has 0 atom stereocenters. The summed E-state index contributed by atoms with van der Waals surface area (Å²) >= 11 is 0. The Morgan fingerprint density at radius 1 is 1.15 bits per heavy atom. The van der Waals surface area contributed by atoms with Crippen LogP contribution < -0.4 is 15.8 Å². The van der Waals surface area contributed by atoms with E-state index in [2.05, 4.69) is 5.32 Å². The normalized spacial score (nSPS) is 10.1. The van der Waals surface area contributed by atoms with Gasteiger partial charge in [0.25, 0.3) is 0 Å². The number of ketones is 1. The second kappa shape index (κ2) is 6.10. The van der Waals surface area contributed by atoms with Crippen LogP contribution >= 0.6 is 0 Å². The molecule has 4 nitrogen and oxygen atoms in total. The van der Waals surface area contributed by atoms with Crippen molar-refractivity contribution in [3.8, 4) is 5.75 Å². The summed E-state index contributed by atoms with van der Waals surface area (Å²) in [6, 6.07) is 13.0. The van der Waals surface area contributed by atoms with Crippen molar-refractivity contribution in [2.75, 3.05) is 17.7 Å². The topological polar surface area (TPSA) is 64.3 Å². The van der Waals surface area contributed by atoms with E-state index >= 15 is 0 Å². The summed E-state index contributed by atoms with van der Waals surface area (Å²) in [4.78, 5) is 11.5. The van der Waals surface area contributed by atoms with Crippen LogP contribution in [0.15, 0.2) is 42.5 Å². The first kappa shape index (κ1) is 13.9. The largest absolute Gasteiger partial charge is 0.494 e. The van der Waals surface area contributed by atoms with Gasteiger partial charge in [-0.05, 0) is 56.3 Å². The second-order valence-corrected chi connectivity index (χ2v) is 4.44. The molecule has 0 aliphatic heterocycles. The molecule has 2 aromatic carbocycles. The highest BCUT2D eigenvalue weighted by molar-refractivity contribution is 6.00. The molecule has 0 saturated carbocycles. The molecule has 0 spiro atoms. The third-order valence-corrected chi connectivity index (χ3v) is 2.89. The van der Waals surface area contributed by atoms with Gasteiger partial charge in [0, 0.05) is 22.6 Å². The van der Waals surface area contributed by atoms with E-state index < -0.39 is 0 Å². The first-order valence-corrected chi connectivity index (χ1v) is 6.50. The predicted molar refractivity (Wildman–Crippen MR) is 81.8 cm³/mol. The molecule has 2 rings (SSSR count). The van der Waals surface area contributed by atoms with Gasteiger partial charge in [-0.25, -0.2) is 0 Å². The first-order valence-electron chi connectivity index (χ1n) is 6.50. The monoisotopic (exact) mass is 270 g/mol. The molecule has 4 heteroatoms. The van der Waals surface area contributed by atoms with Gasteiger partial charge in [-0.1, -0.05) is 0 Å². The van der Waals surface area contributed by atoms with E-state index in [1.165, 1.54) is 6.92 Å². The predicted octanol–water partition coefficient (Wildman–Crippen LogP) is 3.61. The Morgan fingerprint density at radius 2 is 1.80 bits per heavy atom. The number of Topliss-reactive ketones (excluding diaryl/α,β-unsaturated/α-hetero) is 1. The van der Waals surface area contributed by atoms with Gasteiger partial charge in [-0.15, -0.1) is 0 Å². The lowest BCUT2D eigenvalue weighted by Crippen LogP contribution is -2.01. The van der Waals surface area contributed by atoms with E-state index in [1.54, 1.807) is 12.1 Å². The third-order valence-electron chi connectivity index (χ3n) is 2.89. The van der Waals surface area contributed by atoms with Crippen molar-refractivity contribution in [3.05, 3.63) is 48.0 Å². The lowest BCUT2D eigenvalue weighted by atomic mass is 10.1. The zero-order valence-corrected chi connectivity index (χ0v) is 11.6. The van der Waals surface area contributed by atoms with Gasteiger partial charge < -0.3 is 15.8 Å². The van der Waals surface area contributed by atoms with Crippen molar-refractivity contribution in [2.24, 2.45) is 0 Å². The molecule has 20 heavy (non-hydrogen) atoms. The van der Waals surface area contributed by atoms with Gasteiger partial charge in [0.2, 0.25) is 0 Å². The molecular weight excluding hydrogens is 252 g/mol. The minimum atomic E-state index is -0.0437. The standard InChI is InChI=1S/C16H18N2O2/c1-3-20-14-7-4-12(5-8-14)18-13-6-9-16(17)15(10-13)11(2)19/h4-10,18H,3,17H2,1-2H3. The van der Waals surface area contributed by atoms with Crippen LogP contribution in [0.25, 0.3) is 0 Å². The first-order chi connectivity index (χ1) is 9.60. The Balaban J connectivity index is 2.17. The van der Waals surface area contributed by atoms with Gasteiger partial charge in [0.1, 0.15) is 5.75 Å². The van der Waals surface area contributed by atoms with Crippen LogP contribution in [0.5, 0.6) is 5.75 Å². The maximum absolute atomic E-state index is 11.5. The Labute approximate surface area is 118 Å². The van der Waals surface area contributed by atoms with Crippen molar-refractivity contribution in [1.29, 1.82) is 0 Å². The highest BCUT2D eigenvalue weighted by atomic mass is 16.5. The Kier molecular flexibility index (Phi) is 4.25. The van der Waals surface area contributed by atoms with Crippen molar-refractivity contribution < 1.29 is 9.53 Å². The molecule has 0 amide bonds. The van der Waals surface area contributed by atoms with Crippen molar-refractivity contribution in [1.82, 2.24) is 0 Å². The van der Waals surface area contributed by atoms with E-state index in [0.29, 0.717) is 17.9 Å². The zero-order valence-electron chi connectivity index (χ0n) is 11.6. The second-order valence-electron chi connectivity index (χ2n) is 4.44. The highest BCUT2D eigenvalue weighted by Crippen LogP contribution is 2.23. The lowest BCUT2D eigenvalue weighted by Gasteiger charge is -2.10. The number of nitrogens with two attached hydrogens (primary N) is 1. The van der Waals surface area contributed by atoms with E-state index in [4.69, 9.17) is 10.5 Å². The average molecular weight is 270 g/mol. The van der Waals surface area contributed by atoms with Crippen LogP contribution in [-0.2, 0) is 0 Å². The maximum atomic E-state index is 11.5. The number of carbonyl (C=O) groups is 1. The number of nitrogens with one attached hydrogen (secondary N) is 1. The number of nitrogen functional groups attached to an aromatic ring is 1. The quantitative estimate of drug-likeness (QED) is 0.643. The number of ether oxygens (including phenoxy) is 1. The molecule has 104 valence electrons. The number of hydrogen-bond acceptors (Lipinski definition) is 4. The van der Waals surface area contributed by atoms with Crippen LogP contribution in [0.2, 0.25) is 0 Å². The minimum absolute atomic E-state index is 0.0437. The molecular formula is C16H18N2O2. The SMILES string of the molecule is CCOc1ccc(Nc2ccc(N)c(C(C)=O)c2)cc1. The van der Waals surface area contributed by atoms with Gasteiger partial charge >= 0.3 is 0 Å². The van der Waals surface area contributed by atoms with Gasteiger partial charge in [-0.2, -0.15) is 0 Å². The molecule has 0 saturated heterocycles. The van der Waals surface area contributed by atoms with E-state index in [1.807, 2.05) is 37.3 Å². The maximum Gasteiger partial charge on any atom is 0.161 e. The molecule has 0 aliphatic carbocycles. The molecule has 2 aromatic rings. The summed E-state index contributed by atoms with van der Waals surface area (Å²) in [5, 5.41) is 3.23. The Hall–Kier alpha value is -2.49. The number of hydrogen-bond donors (Lipinski definition) is 2. The van der Waals surface area contributed by atoms with Crippen molar-refractivity contribution in [3.63, 3.8) is 0 Å². The summed E-state index contributed by atoms with van der Waals surface area (Å²) < 4.78 is 5.39. The van der Waals surface area contributed by atoms with Crippen LogP contribution in [0.1, 0.15) is 24.2 Å². The highest BCUT2D eigenvalue weighted by Gasteiger charge is 2.06. The molecule has 0 radical (unpaired) electrons. The molecule has 0 aliphatic rings. The summed E-state index contributed by atoms with van der Waals surface area (Å²) in [5.41, 5.74) is 8.55. The van der Waals surface area contributed by atoms with Gasteiger partial charge in [-0.3, -0.25) is 4.79 Å². The lowest BCUT2D eigenvalue weighted by molar-refractivity contribution is 0.101. The fourth-order valence-corrected chi connectivity index (χ4v) is 1.91. The van der Waals surface area contributed by atoms with Crippen LogP contribution in [0, 0.1) is 0 Å². The average Bonchev–Trinajstić information content (AvgIpc) is 2.43. The van der Waals surface area contributed by atoms with Gasteiger partial charge in [0.05, 0.1) is 6.61 Å². The summed E-state index contributed by atoms with van der Waals surface area (Å²) in [6.07, 6.45) is 0. The number of carbonyl (C=O) groups excluding carboxylic acids is 1. The molecule has 0 bridgehead atoms.